The van der Waals surface area contributed by atoms with E-state index in [-0.39, 0.29) is 18.4 Å². The van der Waals surface area contributed by atoms with Gasteiger partial charge in [0.2, 0.25) is 5.88 Å². The van der Waals surface area contributed by atoms with Crippen molar-refractivity contribution >= 4 is 17.5 Å². The number of pyridine rings is 1. The number of carbonyl (C=O) groups is 1. The fourth-order valence-electron chi connectivity index (χ4n) is 2.69. The van der Waals surface area contributed by atoms with E-state index in [1.165, 1.54) is 19.0 Å². The van der Waals surface area contributed by atoms with Crippen molar-refractivity contribution in [3.8, 4) is 17.0 Å². The molecule has 0 unspecified atom stereocenters. The molecule has 2 aromatic rings. The molecule has 6 heteroatoms. The predicted octanol–water partition coefficient (Wildman–Crippen LogP) is 3.94. The monoisotopic (exact) mass is 388 g/mol. The van der Waals surface area contributed by atoms with Gasteiger partial charge in [-0.1, -0.05) is 30.7 Å². The molecule has 0 spiro atoms. The maximum atomic E-state index is 12.5. The van der Waals surface area contributed by atoms with Gasteiger partial charge in [0.1, 0.15) is 0 Å². The van der Waals surface area contributed by atoms with Crippen molar-refractivity contribution in [3.63, 3.8) is 0 Å². The van der Waals surface area contributed by atoms with Crippen molar-refractivity contribution < 1.29 is 14.6 Å². The van der Waals surface area contributed by atoms with Crippen LogP contribution in [0.5, 0.6) is 5.88 Å². The molecular formula is C21H25ClN2O3. The topological polar surface area (TPSA) is 71.5 Å². The number of aliphatic hydroxyl groups is 1. The van der Waals surface area contributed by atoms with Gasteiger partial charge in [-0.05, 0) is 54.9 Å². The number of nitrogens with zero attached hydrogens (tertiary/aromatic N) is 1. The Bertz CT molecular complexity index is 771. The quantitative estimate of drug-likeness (QED) is 0.682. The SMILES string of the molecule is CC[C@@H](CO)CNC(=O)c1cnc(OCC2CC2)c(-c2ccc(Cl)cc2)c1. The second-order valence-electron chi connectivity index (χ2n) is 7.00. The van der Waals surface area contributed by atoms with Crippen LogP contribution in [0, 0.1) is 11.8 Å². The number of ether oxygens (including phenoxy) is 1. The summed E-state index contributed by atoms with van der Waals surface area (Å²) >= 11 is 6.00. The molecule has 1 aliphatic carbocycles. The number of rotatable bonds is 9. The zero-order chi connectivity index (χ0) is 19.2. The lowest BCUT2D eigenvalue weighted by Gasteiger charge is -2.14. The maximum absolute atomic E-state index is 12.5. The lowest BCUT2D eigenvalue weighted by Crippen LogP contribution is -2.30. The summed E-state index contributed by atoms with van der Waals surface area (Å²) in [5.74, 6) is 0.983. The lowest BCUT2D eigenvalue weighted by molar-refractivity contribution is 0.0939. The van der Waals surface area contributed by atoms with Gasteiger partial charge in [-0.25, -0.2) is 4.98 Å². The van der Waals surface area contributed by atoms with Crippen LogP contribution in [-0.2, 0) is 0 Å². The zero-order valence-electron chi connectivity index (χ0n) is 15.5. The van der Waals surface area contributed by atoms with Crippen LogP contribution in [0.1, 0.15) is 36.5 Å². The van der Waals surface area contributed by atoms with Crippen LogP contribution < -0.4 is 10.1 Å². The number of hydrogen-bond donors (Lipinski definition) is 2. The summed E-state index contributed by atoms with van der Waals surface area (Å²) in [6, 6.07) is 9.20. The molecule has 0 bridgehead atoms. The zero-order valence-corrected chi connectivity index (χ0v) is 16.2. The van der Waals surface area contributed by atoms with E-state index in [1.54, 1.807) is 18.2 Å². The van der Waals surface area contributed by atoms with Crippen LogP contribution in [0.2, 0.25) is 5.02 Å². The Morgan fingerprint density at radius 1 is 1.37 bits per heavy atom. The third-order valence-electron chi connectivity index (χ3n) is 4.81. The van der Waals surface area contributed by atoms with Gasteiger partial charge in [-0.3, -0.25) is 4.79 Å². The van der Waals surface area contributed by atoms with Crippen LogP contribution in [0.3, 0.4) is 0 Å². The molecule has 1 saturated carbocycles. The summed E-state index contributed by atoms with van der Waals surface area (Å²) < 4.78 is 5.90. The average molecular weight is 389 g/mol. The number of aromatic nitrogens is 1. The number of carbonyl (C=O) groups excluding carboxylic acids is 1. The molecule has 1 heterocycles. The normalized spacial score (nSPS) is 14.6. The summed E-state index contributed by atoms with van der Waals surface area (Å²) in [6.45, 7) is 3.12. The lowest BCUT2D eigenvalue weighted by atomic mass is 10.0. The number of amides is 1. The van der Waals surface area contributed by atoms with E-state index in [4.69, 9.17) is 16.3 Å². The summed E-state index contributed by atoms with van der Waals surface area (Å²) in [4.78, 5) is 16.9. The van der Waals surface area contributed by atoms with Gasteiger partial charge in [0.05, 0.1) is 12.2 Å². The highest BCUT2D eigenvalue weighted by molar-refractivity contribution is 6.30. The summed E-state index contributed by atoms with van der Waals surface area (Å²) in [5.41, 5.74) is 2.13. The molecule has 144 valence electrons. The van der Waals surface area contributed by atoms with Crippen molar-refractivity contribution in [1.82, 2.24) is 10.3 Å². The summed E-state index contributed by atoms with van der Waals surface area (Å²) in [6.07, 6.45) is 4.73. The molecule has 5 nitrogen and oxygen atoms in total. The highest BCUT2D eigenvalue weighted by atomic mass is 35.5. The first-order valence-electron chi connectivity index (χ1n) is 9.38. The van der Waals surface area contributed by atoms with Crippen LogP contribution in [0.25, 0.3) is 11.1 Å². The third kappa shape index (κ3) is 5.44. The second kappa shape index (κ2) is 9.20. The average Bonchev–Trinajstić information content (AvgIpc) is 3.52. The first-order chi connectivity index (χ1) is 13.1. The Kier molecular flexibility index (Phi) is 6.69. The predicted molar refractivity (Wildman–Crippen MR) is 106 cm³/mol. The van der Waals surface area contributed by atoms with Gasteiger partial charge < -0.3 is 15.2 Å². The minimum Gasteiger partial charge on any atom is -0.477 e. The Morgan fingerprint density at radius 2 is 2.11 bits per heavy atom. The van der Waals surface area contributed by atoms with Crippen molar-refractivity contribution in [1.29, 1.82) is 0 Å². The molecule has 1 atom stereocenters. The molecule has 2 N–H and O–H groups in total. The van der Waals surface area contributed by atoms with Crippen molar-refractivity contribution in [3.05, 3.63) is 47.1 Å². The van der Waals surface area contributed by atoms with E-state index in [0.717, 1.165) is 17.5 Å². The van der Waals surface area contributed by atoms with E-state index >= 15 is 0 Å². The Labute approximate surface area is 164 Å². The molecule has 27 heavy (non-hydrogen) atoms. The highest BCUT2D eigenvalue weighted by Crippen LogP contribution is 2.33. The number of aliphatic hydroxyl groups excluding tert-OH is 1. The van der Waals surface area contributed by atoms with Gasteiger partial charge in [-0.15, -0.1) is 0 Å². The first-order valence-corrected chi connectivity index (χ1v) is 9.76. The Balaban J connectivity index is 1.81. The highest BCUT2D eigenvalue weighted by Gasteiger charge is 2.23. The van der Waals surface area contributed by atoms with Crippen molar-refractivity contribution in [2.75, 3.05) is 19.8 Å². The molecular weight excluding hydrogens is 364 g/mol. The van der Waals surface area contributed by atoms with E-state index in [1.807, 2.05) is 19.1 Å². The van der Waals surface area contributed by atoms with Gasteiger partial charge in [0.25, 0.3) is 5.91 Å². The largest absolute Gasteiger partial charge is 0.477 e. The van der Waals surface area contributed by atoms with Gasteiger partial charge in [0.15, 0.2) is 0 Å². The summed E-state index contributed by atoms with van der Waals surface area (Å²) in [5, 5.41) is 12.8. The Morgan fingerprint density at radius 3 is 2.74 bits per heavy atom. The van der Waals surface area contributed by atoms with E-state index in [9.17, 15) is 9.90 Å². The van der Waals surface area contributed by atoms with Gasteiger partial charge >= 0.3 is 0 Å². The fourth-order valence-corrected chi connectivity index (χ4v) is 2.81. The van der Waals surface area contributed by atoms with Crippen LogP contribution >= 0.6 is 11.6 Å². The summed E-state index contributed by atoms with van der Waals surface area (Å²) in [7, 11) is 0. The minimum absolute atomic E-state index is 0.0544. The van der Waals surface area contributed by atoms with Crippen LogP contribution in [0.15, 0.2) is 36.5 Å². The fraction of sp³-hybridized carbons (Fsp3) is 0.429. The number of nitrogens with one attached hydrogen (secondary N) is 1. The minimum atomic E-state index is -0.210. The molecule has 1 aliphatic rings. The first kappa shape index (κ1) is 19.6. The molecule has 0 radical (unpaired) electrons. The van der Waals surface area contributed by atoms with E-state index in [2.05, 4.69) is 10.3 Å². The van der Waals surface area contributed by atoms with E-state index < -0.39 is 0 Å². The molecule has 1 amide bonds. The Hall–Kier alpha value is -2.11. The van der Waals surface area contributed by atoms with E-state index in [0.29, 0.717) is 35.5 Å². The smallest absolute Gasteiger partial charge is 0.252 e. The molecule has 3 rings (SSSR count). The van der Waals surface area contributed by atoms with Gasteiger partial charge in [-0.2, -0.15) is 0 Å². The molecule has 1 fully saturated rings. The van der Waals surface area contributed by atoms with Crippen LogP contribution in [-0.4, -0.2) is 35.8 Å². The van der Waals surface area contributed by atoms with Crippen molar-refractivity contribution in [2.45, 2.75) is 26.2 Å². The van der Waals surface area contributed by atoms with Gasteiger partial charge in [0, 0.05) is 29.9 Å². The standard InChI is InChI=1S/C21H25ClN2O3/c1-2-14(12-25)10-23-20(26)17-9-19(16-5-7-18(22)8-6-16)21(24-11-17)27-13-15-3-4-15/h5-9,11,14-15,25H,2-4,10,12-13H2,1H3,(H,23,26)/t14-/m1/s1. The third-order valence-corrected chi connectivity index (χ3v) is 5.06. The molecule has 0 aliphatic heterocycles. The molecule has 0 saturated heterocycles. The number of halogens is 1. The molecule has 1 aromatic carbocycles. The maximum Gasteiger partial charge on any atom is 0.252 e. The van der Waals surface area contributed by atoms with Crippen LogP contribution in [0.4, 0.5) is 0 Å². The molecule has 1 aromatic heterocycles. The number of hydrogen-bond acceptors (Lipinski definition) is 4. The second-order valence-corrected chi connectivity index (χ2v) is 7.44. The number of benzene rings is 1. The van der Waals surface area contributed by atoms with Crippen molar-refractivity contribution in [2.24, 2.45) is 11.8 Å².